The van der Waals surface area contributed by atoms with Gasteiger partial charge in [-0.15, -0.1) is 0 Å². The first-order chi connectivity index (χ1) is 14.5. The number of esters is 1. The molecule has 6 nitrogen and oxygen atoms in total. The highest BCUT2D eigenvalue weighted by Crippen LogP contribution is 2.30. The van der Waals surface area contributed by atoms with Crippen molar-refractivity contribution in [2.45, 2.75) is 13.5 Å². The van der Waals surface area contributed by atoms with Crippen LogP contribution >= 0.6 is 15.9 Å². The number of benzene rings is 2. The van der Waals surface area contributed by atoms with Crippen molar-refractivity contribution in [1.29, 1.82) is 0 Å². The van der Waals surface area contributed by atoms with E-state index in [-0.39, 0.29) is 18.5 Å². The predicted molar refractivity (Wildman–Crippen MR) is 116 cm³/mol. The zero-order valence-electron chi connectivity index (χ0n) is 15.9. The minimum Gasteiger partial charge on any atom is -0.457 e. The van der Waals surface area contributed by atoms with Crippen LogP contribution in [-0.4, -0.2) is 17.6 Å². The smallest absolute Gasteiger partial charge is 0.338 e. The van der Waals surface area contributed by atoms with Crippen LogP contribution in [0.4, 0.5) is 5.69 Å². The Balaban J connectivity index is 1.43. The number of hydrogen-bond acceptors (Lipinski definition) is 5. The molecule has 0 saturated carbocycles. The molecule has 0 spiro atoms. The Morgan fingerprint density at radius 2 is 1.97 bits per heavy atom. The Morgan fingerprint density at radius 3 is 2.80 bits per heavy atom. The van der Waals surface area contributed by atoms with E-state index in [1.54, 1.807) is 25.1 Å². The van der Waals surface area contributed by atoms with Gasteiger partial charge in [-0.3, -0.25) is 4.79 Å². The first kappa shape index (κ1) is 18.6. The zero-order chi connectivity index (χ0) is 20.8. The van der Waals surface area contributed by atoms with E-state index >= 15 is 0 Å². The van der Waals surface area contributed by atoms with E-state index < -0.39 is 0 Å². The second-order valence-electron chi connectivity index (χ2n) is 6.99. The number of anilines is 1. The Bertz CT molecular complexity index is 1270. The fourth-order valence-electron chi connectivity index (χ4n) is 3.48. The van der Waals surface area contributed by atoms with Gasteiger partial charge >= 0.3 is 5.97 Å². The van der Waals surface area contributed by atoms with Gasteiger partial charge in [0.05, 0.1) is 22.5 Å². The average Bonchev–Trinajstić information content (AvgIpc) is 3.42. The van der Waals surface area contributed by atoms with Crippen LogP contribution in [0, 0.1) is 0 Å². The number of hydrogen-bond donors (Lipinski definition) is 0. The maximum absolute atomic E-state index is 12.9. The topological polar surface area (TPSA) is 72.1 Å². The van der Waals surface area contributed by atoms with Crippen LogP contribution < -0.4 is 5.01 Å². The molecule has 3 heterocycles. The predicted octanol–water partition coefficient (Wildman–Crippen LogP) is 5.19. The molecule has 5 rings (SSSR count). The van der Waals surface area contributed by atoms with Gasteiger partial charge in [0.25, 0.3) is 5.91 Å². The van der Waals surface area contributed by atoms with Crippen molar-refractivity contribution in [2.24, 2.45) is 5.10 Å². The molecule has 0 aliphatic carbocycles. The molecule has 0 unspecified atom stereocenters. The third-order valence-electron chi connectivity index (χ3n) is 5.00. The summed E-state index contributed by atoms with van der Waals surface area (Å²) < 4.78 is 11.9. The molecular formula is C23H15BrN2O4. The van der Waals surface area contributed by atoms with E-state index in [0.717, 1.165) is 15.6 Å². The summed E-state index contributed by atoms with van der Waals surface area (Å²) in [6.07, 6.45) is 1.70. The zero-order valence-corrected chi connectivity index (χ0v) is 17.5. The van der Waals surface area contributed by atoms with Crippen molar-refractivity contribution in [1.82, 2.24) is 0 Å². The number of ether oxygens (including phenoxy) is 1. The van der Waals surface area contributed by atoms with E-state index in [0.29, 0.717) is 34.1 Å². The van der Waals surface area contributed by atoms with Crippen molar-refractivity contribution < 1.29 is 18.7 Å². The number of rotatable bonds is 3. The lowest BCUT2D eigenvalue weighted by Crippen LogP contribution is -2.21. The molecular weight excluding hydrogens is 448 g/mol. The first-order valence-electron chi connectivity index (χ1n) is 9.27. The van der Waals surface area contributed by atoms with Gasteiger partial charge < -0.3 is 9.15 Å². The summed E-state index contributed by atoms with van der Waals surface area (Å²) in [7, 11) is 0. The van der Waals surface area contributed by atoms with Gasteiger partial charge in [-0.25, -0.2) is 4.79 Å². The molecule has 1 amide bonds. The molecule has 0 bridgehead atoms. The van der Waals surface area contributed by atoms with Crippen molar-refractivity contribution in [3.05, 3.63) is 81.5 Å². The second-order valence-corrected chi connectivity index (χ2v) is 7.91. The number of fused-ring (bicyclic) bond motifs is 1. The van der Waals surface area contributed by atoms with Gasteiger partial charge in [0, 0.05) is 15.6 Å². The van der Waals surface area contributed by atoms with Gasteiger partial charge in [-0.05, 0) is 55.5 Å². The highest BCUT2D eigenvalue weighted by atomic mass is 79.9. The largest absolute Gasteiger partial charge is 0.457 e. The monoisotopic (exact) mass is 462 g/mol. The molecule has 0 fully saturated rings. The molecule has 2 aliphatic rings. The summed E-state index contributed by atoms with van der Waals surface area (Å²) in [5.41, 5.74) is 4.05. The van der Waals surface area contributed by atoms with Crippen molar-refractivity contribution in [3.8, 4) is 11.3 Å². The quantitative estimate of drug-likeness (QED) is 0.396. The van der Waals surface area contributed by atoms with Crippen LogP contribution in [0.1, 0.15) is 28.6 Å². The minimum atomic E-state index is -0.300. The van der Waals surface area contributed by atoms with Crippen LogP contribution in [0.2, 0.25) is 0 Å². The van der Waals surface area contributed by atoms with Crippen LogP contribution in [-0.2, 0) is 16.1 Å². The standard InChI is InChI=1S/C23H15BrN2O4/c1-13-20(22(27)26(25-13)17-4-2-3-16(24)10-17)11-18-6-8-21(30-18)14-5-7-19-15(9-14)12-29-23(19)28/h2-11H,12H2,1H3. The van der Waals surface area contributed by atoms with Crippen LogP contribution in [0.25, 0.3) is 17.4 Å². The van der Waals surface area contributed by atoms with Gasteiger partial charge in [-0.2, -0.15) is 10.1 Å². The number of carbonyl (C=O) groups excluding carboxylic acids is 2. The molecule has 3 aromatic rings. The lowest BCUT2D eigenvalue weighted by Gasteiger charge is -2.11. The first-order valence-corrected chi connectivity index (χ1v) is 10.1. The summed E-state index contributed by atoms with van der Waals surface area (Å²) in [6, 6.07) is 16.5. The molecule has 2 aliphatic heterocycles. The number of hydrazone groups is 1. The number of carbonyl (C=O) groups is 2. The number of halogens is 1. The van der Waals surface area contributed by atoms with Gasteiger partial charge in [0.1, 0.15) is 18.1 Å². The summed E-state index contributed by atoms with van der Waals surface area (Å²) in [5, 5.41) is 5.78. The summed E-state index contributed by atoms with van der Waals surface area (Å²) in [6.45, 7) is 2.07. The minimum absolute atomic E-state index is 0.211. The van der Waals surface area contributed by atoms with Crippen LogP contribution in [0.5, 0.6) is 0 Å². The lowest BCUT2D eigenvalue weighted by molar-refractivity contribution is -0.114. The van der Waals surface area contributed by atoms with Crippen LogP contribution in [0.3, 0.4) is 0 Å². The van der Waals surface area contributed by atoms with Gasteiger partial charge in [0.2, 0.25) is 0 Å². The number of furan rings is 1. The fraction of sp³-hybridized carbons (Fsp3) is 0.0870. The Hall–Kier alpha value is -3.45. The molecule has 2 aromatic carbocycles. The summed E-state index contributed by atoms with van der Waals surface area (Å²) in [5.74, 6) is 0.683. The third kappa shape index (κ3) is 3.17. The fourth-order valence-corrected chi connectivity index (χ4v) is 3.87. The van der Waals surface area contributed by atoms with Crippen molar-refractivity contribution >= 4 is 45.3 Å². The molecule has 0 radical (unpaired) electrons. The lowest BCUT2D eigenvalue weighted by atomic mass is 10.0. The highest BCUT2D eigenvalue weighted by molar-refractivity contribution is 9.10. The normalized spacial score (nSPS) is 16.8. The van der Waals surface area contributed by atoms with E-state index in [4.69, 9.17) is 9.15 Å². The van der Waals surface area contributed by atoms with Crippen molar-refractivity contribution in [3.63, 3.8) is 0 Å². The Labute approximate surface area is 180 Å². The molecule has 0 N–H and O–H groups in total. The molecule has 0 saturated heterocycles. The maximum atomic E-state index is 12.9. The highest BCUT2D eigenvalue weighted by Gasteiger charge is 2.29. The number of cyclic esters (lactones) is 1. The van der Waals surface area contributed by atoms with Crippen LogP contribution in [0.15, 0.2) is 74.2 Å². The Morgan fingerprint density at radius 1 is 1.10 bits per heavy atom. The van der Waals surface area contributed by atoms with E-state index in [1.807, 2.05) is 42.5 Å². The Kier molecular flexibility index (Phi) is 4.40. The molecule has 0 atom stereocenters. The average molecular weight is 463 g/mol. The number of amides is 1. The van der Waals surface area contributed by atoms with Gasteiger partial charge in [-0.1, -0.05) is 28.1 Å². The summed E-state index contributed by atoms with van der Waals surface area (Å²) >= 11 is 3.42. The summed E-state index contributed by atoms with van der Waals surface area (Å²) in [4.78, 5) is 24.5. The molecule has 7 heteroatoms. The van der Waals surface area contributed by atoms with E-state index in [9.17, 15) is 9.59 Å². The SMILES string of the molecule is CC1=NN(c2cccc(Br)c2)C(=O)C1=Cc1ccc(-c2ccc3c(c2)COC3=O)o1. The third-order valence-corrected chi connectivity index (χ3v) is 5.49. The second kappa shape index (κ2) is 7.11. The van der Waals surface area contributed by atoms with Crippen molar-refractivity contribution in [2.75, 3.05) is 5.01 Å². The van der Waals surface area contributed by atoms with Gasteiger partial charge in [0.15, 0.2) is 0 Å². The van der Waals surface area contributed by atoms with E-state index in [2.05, 4.69) is 21.0 Å². The number of nitrogens with zero attached hydrogens (tertiary/aromatic N) is 2. The van der Waals surface area contributed by atoms with E-state index in [1.165, 1.54) is 5.01 Å². The molecule has 148 valence electrons. The molecule has 1 aromatic heterocycles. The molecule has 30 heavy (non-hydrogen) atoms. The maximum Gasteiger partial charge on any atom is 0.338 e.